The lowest BCUT2D eigenvalue weighted by Gasteiger charge is -2.31. The number of guanidine groups is 1. The molecule has 1 aliphatic heterocycles. The van der Waals surface area contributed by atoms with Crippen molar-refractivity contribution in [2.24, 2.45) is 4.99 Å². The molecule has 0 saturated carbocycles. The summed E-state index contributed by atoms with van der Waals surface area (Å²) < 4.78 is 14.7. The van der Waals surface area contributed by atoms with E-state index < -0.39 is 0 Å². The van der Waals surface area contributed by atoms with Gasteiger partial charge in [-0.15, -0.1) is 24.0 Å². The summed E-state index contributed by atoms with van der Waals surface area (Å²) in [5.74, 6) is 0.432. The fourth-order valence-electron chi connectivity index (χ4n) is 3.54. The molecule has 0 bridgehead atoms. The molecule has 5 nitrogen and oxygen atoms in total. The zero-order chi connectivity index (χ0) is 21.5. The third-order valence-electron chi connectivity index (χ3n) is 5.30. The second kappa shape index (κ2) is 12.5. The summed E-state index contributed by atoms with van der Waals surface area (Å²) in [6, 6.07) is 13.0. The highest BCUT2D eigenvalue weighted by atomic mass is 127. The molecule has 0 spiro atoms. The van der Waals surface area contributed by atoms with Gasteiger partial charge >= 0.3 is 0 Å². The zero-order valence-corrected chi connectivity index (χ0v) is 21.0. The maximum atomic E-state index is 14.7. The van der Waals surface area contributed by atoms with E-state index in [2.05, 4.69) is 22.5 Å². The van der Waals surface area contributed by atoms with Gasteiger partial charge in [0.2, 0.25) is 0 Å². The molecule has 1 saturated heterocycles. The standard InChI is InChI=1S/C23H30ClFN4O.HI/c1-3-26-23(28-16(2)18-5-7-19(24)8-6-18)27-15-17-4-9-22(21(25)14-17)29-12-10-20(30)11-13-29;/h4-9,14,16,20,30H,3,10-13,15H2,1-2H3,(H2,26,27,28);1H. The molecule has 170 valence electrons. The van der Waals surface area contributed by atoms with Crippen molar-refractivity contribution in [2.75, 3.05) is 24.5 Å². The van der Waals surface area contributed by atoms with Crippen molar-refractivity contribution in [3.63, 3.8) is 0 Å². The molecule has 2 aromatic carbocycles. The molecule has 1 heterocycles. The van der Waals surface area contributed by atoms with Crippen LogP contribution in [0.15, 0.2) is 47.5 Å². The van der Waals surface area contributed by atoms with Gasteiger partial charge in [0.15, 0.2) is 5.96 Å². The highest BCUT2D eigenvalue weighted by Crippen LogP contribution is 2.24. The van der Waals surface area contributed by atoms with Crippen LogP contribution >= 0.6 is 35.6 Å². The fraction of sp³-hybridized carbons (Fsp3) is 0.435. The Bertz CT molecular complexity index is 857. The molecule has 0 aliphatic carbocycles. The lowest BCUT2D eigenvalue weighted by atomic mass is 10.1. The first-order valence-corrected chi connectivity index (χ1v) is 10.9. The van der Waals surface area contributed by atoms with Gasteiger partial charge in [0.1, 0.15) is 5.82 Å². The Morgan fingerprint density at radius 2 is 1.90 bits per heavy atom. The van der Waals surface area contributed by atoms with E-state index in [0.29, 0.717) is 49.1 Å². The first-order valence-electron chi connectivity index (χ1n) is 10.5. The summed E-state index contributed by atoms with van der Waals surface area (Å²) in [5.41, 5.74) is 2.51. The third-order valence-corrected chi connectivity index (χ3v) is 5.56. The SMILES string of the molecule is CCNC(=NCc1ccc(N2CCC(O)CC2)c(F)c1)NC(C)c1ccc(Cl)cc1.I. The minimum absolute atomic E-state index is 0. The predicted octanol–water partition coefficient (Wildman–Crippen LogP) is 4.87. The van der Waals surface area contributed by atoms with Crippen LogP contribution in [-0.2, 0) is 6.54 Å². The molecule has 1 atom stereocenters. The van der Waals surface area contributed by atoms with Gasteiger partial charge in [0.25, 0.3) is 0 Å². The molecule has 2 aromatic rings. The van der Waals surface area contributed by atoms with E-state index in [1.54, 1.807) is 6.07 Å². The molecule has 0 radical (unpaired) electrons. The van der Waals surface area contributed by atoms with Gasteiger partial charge in [0, 0.05) is 24.7 Å². The topological polar surface area (TPSA) is 59.9 Å². The smallest absolute Gasteiger partial charge is 0.192 e. The quantitative estimate of drug-likeness (QED) is 0.268. The Balaban J connectivity index is 0.00000341. The normalized spacial score (nSPS) is 15.9. The minimum Gasteiger partial charge on any atom is -0.393 e. The van der Waals surface area contributed by atoms with Gasteiger partial charge in [-0.3, -0.25) is 0 Å². The fourth-order valence-corrected chi connectivity index (χ4v) is 3.67. The van der Waals surface area contributed by atoms with Crippen LogP contribution in [0.25, 0.3) is 0 Å². The summed E-state index contributed by atoms with van der Waals surface area (Å²) in [6.45, 7) is 6.51. The van der Waals surface area contributed by atoms with Crippen LogP contribution in [0.2, 0.25) is 5.02 Å². The molecule has 3 N–H and O–H groups in total. The van der Waals surface area contributed by atoms with Crippen molar-refractivity contribution >= 4 is 47.2 Å². The number of aliphatic imine (C=N–C) groups is 1. The van der Waals surface area contributed by atoms with Crippen molar-refractivity contribution in [3.8, 4) is 0 Å². The monoisotopic (exact) mass is 560 g/mol. The second-order valence-electron chi connectivity index (χ2n) is 7.62. The van der Waals surface area contributed by atoms with E-state index in [4.69, 9.17) is 11.6 Å². The zero-order valence-electron chi connectivity index (χ0n) is 17.9. The van der Waals surface area contributed by atoms with E-state index >= 15 is 0 Å². The molecule has 31 heavy (non-hydrogen) atoms. The number of piperidine rings is 1. The molecule has 3 rings (SSSR count). The van der Waals surface area contributed by atoms with Crippen LogP contribution in [0, 0.1) is 5.82 Å². The van der Waals surface area contributed by atoms with Gasteiger partial charge in [-0.1, -0.05) is 29.8 Å². The molecule has 1 unspecified atom stereocenters. The van der Waals surface area contributed by atoms with Crippen molar-refractivity contribution in [2.45, 2.75) is 45.4 Å². The Hall–Kier alpha value is -1.58. The number of aliphatic hydroxyl groups excluding tert-OH is 1. The number of anilines is 1. The highest BCUT2D eigenvalue weighted by molar-refractivity contribution is 14.0. The molecular formula is C23H31ClFIN4O. The lowest BCUT2D eigenvalue weighted by molar-refractivity contribution is 0.145. The maximum Gasteiger partial charge on any atom is 0.192 e. The van der Waals surface area contributed by atoms with Crippen LogP contribution < -0.4 is 15.5 Å². The van der Waals surface area contributed by atoms with Gasteiger partial charge < -0.3 is 20.6 Å². The number of aliphatic hydroxyl groups is 1. The van der Waals surface area contributed by atoms with Crippen LogP contribution in [0.5, 0.6) is 0 Å². The van der Waals surface area contributed by atoms with E-state index in [0.717, 1.165) is 17.7 Å². The Kier molecular flexibility index (Phi) is 10.3. The minimum atomic E-state index is -0.273. The van der Waals surface area contributed by atoms with Crippen LogP contribution in [-0.4, -0.2) is 36.8 Å². The number of benzene rings is 2. The molecule has 1 fully saturated rings. The maximum absolute atomic E-state index is 14.7. The molecule has 1 aliphatic rings. The van der Waals surface area contributed by atoms with Gasteiger partial charge in [-0.25, -0.2) is 9.38 Å². The summed E-state index contributed by atoms with van der Waals surface area (Å²) in [5, 5.41) is 17.0. The Labute approximate surface area is 206 Å². The number of hydrogen-bond donors (Lipinski definition) is 3. The van der Waals surface area contributed by atoms with E-state index in [9.17, 15) is 9.50 Å². The van der Waals surface area contributed by atoms with Crippen molar-refractivity contribution in [3.05, 3.63) is 64.4 Å². The highest BCUT2D eigenvalue weighted by Gasteiger charge is 2.19. The molecule has 0 aromatic heterocycles. The number of nitrogens with one attached hydrogen (secondary N) is 2. The first kappa shape index (κ1) is 25.7. The van der Waals surface area contributed by atoms with Crippen molar-refractivity contribution in [1.82, 2.24) is 10.6 Å². The number of nitrogens with zero attached hydrogens (tertiary/aromatic N) is 2. The second-order valence-corrected chi connectivity index (χ2v) is 8.05. The lowest BCUT2D eigenvalue weighted by Crippen LogP contribution is -2.38. The summed E-state index contributed by atoms with van der Waals surface area (Å²) in [4.78, 5) is 6.61. The van der Waals surface area contributed by atoms with Gasteiger partial charge in [-0.2, -0.15) is 0 Å². The Morgan fingerprint density at radius 3 is 2.52 bits per heavy atom. The van der Waals surface area contributed by atoms with Crippen LogP contribution in [0.3, 0.4) is 0 Å². The van der Waals surface area contributed by atoms with Crippen molar-refractivity contribution < 1.29 is 9.50 Å². The van der Waals surface area contributed by atoms with Crippen LogP contribution in [0.4, 0.5) is 10.1 Å². The summed E-state index contributed by atoms with van der Waals surface area (Å²) >= 11 is 5.97. The van der Waals surface area contributed by atoms with E-state index in [1.165, 1.54) is 0 Å². The van der Waals surface area contributed by atoms with E-state index in [1.807, 2.05) is 48.2 Å². The average Bonchev–Trinajstić information content (AvgIpc) is 2.73. The van der Waals surface area contributed by atoms with Gasteiger partial charge in [0.05, 0.1) is 24.4 Å². The largest absolute Gasteiger partial charge is 0.393 e. The van der Waals surface area contributed by atoms with E-state index in [-0.39, 0.29) is 41.9 Å². The number of rotatable bonds is 6. The van der Waals surface area contributed by atoms with Crippen molar-refractivity contribution in [1.29, 1.82) is 0 Å². The molecule has 0 amide bonds. The summed E-state index contributed by atoms with van der Waals surface area (Å²) in [7, 11) is 0. The number of halogens is 3. The van der Waals surface area contributed by atoms with Gasteiger partial charge in [-0.05, 0) is 62.1 Å². The number of hydrogen-bond acceptors (Lipinski definition) is 3. The van der Waals surface area contributed by atoms with Crippen LogP contribution in [0.1, 0.15) is 43.9 Å². The predicted molar refractivity (Wildman–Crippen MR) is 137 cm³/mol. The molecular weight excluding hydrogens is 530 g/mol. The average molecular weight is 561 g/mol. The first-order chi connectivity index (χ1) is 14.5. The molecule has 8 heteroatoms. The summed E-state index contributed by atoms with van der Waals surface area (Å²) in [6.07, 6.45) is 1.08. The Morgan fingerprint density at radius 1 is 1.23 bits per heavy atom. The third kappa shape index (κ3) is 7.50.